The Hall–Kier alpha value is -1.32. The van der Waals surface area contributed by atoms with Crippen molar-refractivity contribution in [3.8, 4) is 0 Å². The molecule has 1 N–H and O–H groups in total. The van der Waals surface area contributed by atoms with Gasteiger partial charge in [0.15, 0.2) is 0 Å². The number of hydrogen-bond donors (Lipinski definition) is 1. The fourth-order valence-electron chi connectivity index (χ4n) is 0.604. The van der Waals surface area contributed by atoms with Crippen molar-refractivity contribution in [2.75, 3.05) is 0 Å². The van der Waals surface area contributed by atoms with Gasteiger partial charge < -0.3 is 9.84 Å². The van der Waals surface area contributed by atoms with Gasteiger partial charge >= 0.3 is 11.9 Å². The van der Waals surface area contributed by atoms with E-state index in [9.17, 15) is 9.59 Å². The first kappa shape index (κ1) is 11.7. The lowest BCUT2D eigenvalue weighted by molar-refractivity contribution is -0.146. The molecule has 74 valence electrons. The van der Waals surface area contributed by atoms with Crippen molar-refractivity contribution in [2.24, 2.45) is 0 Å². The van der Waals surface area contributed by atoms with Gasteiger partial charge in [0.1, 0.15) is 0 Å². The summed E-state index contributed by atoms with van der Waals surface area (Å²) < 4.78 is 4.86. The van der Waals surface area contributed by atoms with E-state index in [4.69, 9.17) is 9.84 Å². The fourth-order valence-corrected chi connectivity index (χ4v) is 0.604. The topological polar surface area (TPSA) is 63.6 Å². The predicted octanol–water partition coefficient (Wildman–Crippen LogP) is 1.36. The van der Waals surface area contributed by atoms with Crippen LogP contribution in [0.25, 0.3) is 0 Å². The van der Waals surface area contributed by atoms with Gasteiger partial charge in [0.2, 0.25) is 0 Å². The van der Waals surface area contributed by atoms with E-state index in [0.29, 0.717) is 6.42 Å². The van der Waals surface area contributed by atoms with Crippen molar-refractivity contribution in [3.05, 3.63) is 12.2 Å². The molecule has 0 spiro atoms. The molecule has 0 aliphatic carbocycles. The van der Waals surface area contributed by atoms with E-state index in [1.54, 1.807) is 6.92 Å². The first-order valence-corrected chi connectivity index (χ1v) is 4.08. The summed E-state index contributed by atoms with van der Waals surface area (Å²) >= 11 is 0. The van der Waals surface area contributed by atoms with Crippen LogP contribution < -0.4 is 0 Å². The van der Waals surface area contributed by atoms with Crippen molar-refractivity contribution in [1.29, 1.82) is 0 Å². The van der Waals surface area contributed by atoms with Crippen LogP contribution in [-0.4, -0.2) is 23.1 Å². The van der Waals surface area contributed by atoms with Crippen LogP contribution in [0.1, 0.15) is 26.7 Å². The quantitative estimate of drug-likeness (QED) is 0.520. The highest BCUT2D eigenvalue weighted by molar-refractivity contribution is 5.92. The summed E-state index contributed by atoms with van der Waals surface area (Å²) in [7, 11) is 0. The Labute approximate surface area is 77.2 Å². The Balaban J connectivity index is 3.97. The van der Waals surface area contributed by atoms with Crippen LogP contribution in [0.3, 0.4) is 0 Å². The number of aliphatic carboxylic acids is 1. The first-order chi connectivity index (χ1) is 5.97. The van der Waals surface area contributed by atoms with E-state index in [1.807, 2.05) is 6.92 Å². The van der Waals surface area contributed by atoms with Gasteiger partial charge in [-0.15, -0.1) is 0 Å². The van der Waals surface area contributed by atoms with Gasteiger partial charge in [0, 0.05) is 5.57 Å². The summed E-state index contributed by atoms with van der Waals surface area (Å²) in [5, 5.41) is 8.36. The maximum Gasteiger partial charge on any atom is 0.334 e. The van der Waals surface area contributed by atoms with Gasteiger partial charge in [-0.25, -0.2) is 4.79 Å². The van der Waals surface area contributed by atoms with Crippen molar-refractivity contribution in [3.63, 3.8) is 0 Å². The second-order valence-electron chi connectivity index (χ2n) is 2.80. The zero-order valence-electron chi connectivity index (χ0n) is 7.87. The van der Waals surface area contributed by atoms with Crippen LogP contribution in [0.4, 0.5) is 0 Å². The molecule has 0 aliphatic rings. The maximum atomic E-state index is 11.1. The van der Waals surface area contributed by atoms with Gasteiger partial charge in [-0.3, -0.25) is 4.79 Å². The number of carboxylic acids is 1. The highest BCUT2D eigenvalue weighted by atomic mass is 16.5. The number of carbonyl (C=O) groups is 2. The molecule has 1 atom stereocenters. The highest BCUT2D eigenvalue weighted by Gasteiger charge is 2.14. The van der Waals surface area contributed by atoms with Gasteiger partial charge in [-0.2, -0.15) is 0 Å². The lowest BCUT2D eigenvalue weighted by Gasteiger charge is -2.10. The summed E-state index contributed by atoms with van der Waals surface area (Å²) in [6.07, 6.45) is 0.138. The van der Waals surface area contributed by atoms with Crippen molar-refractivity contribution in [2.45, 2.75) is 32.8 Å². The van der Waals surface area contributed by atoms with Crippen molar-refractivity contribution >= 4 is 11.9 Å². The Morgan fingerprint density at radius 2 is 2.08 bits per heavy atom. The Kier molecular flexibility index (Phi) is 4.80. The molecule has 0 fully saturated rings. The minimum Gasteiger partial charge on any atom is -0.481 e. The van der Waals surface area contributed by atoms with Crippen molar-refractivity contribution < 1.29 is 19.4 Å². The average molecular weight is 186 g/mol. The molecule has 4 nitrogen and oxygen atoms in total. The molecule has 4 heteroatoms. The zero-order chi connectivity index (χ0) is 10.4. The summed E-state index contributed by atoms with van der Waals surface area (Å²) in [5.41, 5.74) is -0.0206. The third kappa shape index (κ3) is 5.00. The molecule has 0 aliphatic heterocycles. The smallest absolute Gasteiger partial charge is 0.334 e. The number of hydrogen-bond acceptors (Lipinski definition) is 3. The first-order valence-electron chi connectivity index (χ1n) is 4.08. The van der Waals surface area contributed by atoms with Crippen LogP contribution >= 0.6 is 0 Å². The monoisotopic (exact) mass is 186 g/mol. The van der Waals surface area contributed by atoms with E-state index in [2.05, 4.69) is 6.58 Å². The molecule has 1 unspecified atom stereocenters. The molecule has 0 heterocycles. The Bertz CT molecular complexity index is 220. The SMILES string of the molecule is C=C(CC(=O)O)C(=O)OC(C)CC. The molecule has 0 amide bonds. The number of rotatable bonds is 5. The standard InChI is InChI=1S/C9H14O4/c1-4-7(3)13-9(12)6(2)5-8(10)11/h7H,2,4-5H2,1,3H3,(H,10,11). The van der Waals surface area contributed by atoms with E-state index in [0.717, 1.165) is 0 Å². The Morgan fingerprint density at radius 3 is 2.46 bits per heavy atom. The fraction of sp³-hybridized carbons (Fsp3) is 0.556. The molecule has 0 aromatic rings. The molecule has 13 heavy (non-hydrogen) atoms. The van der Waals surface area contributed by atoms with Gasteiger partial charge in [0.25, 0.3) is 0 Å². The summed E-state index contributed by atoms with van der Waals surface area (Å²) in [6, 6.07) is 0. The third-order valence-corrected chi connectivity index (χ3v) is 1.54. The normalized spacial score (nSPS) is 11.8. The van der Waals surface area contributed by atoms with Crippen LogP contribution in [0.2, 0.25) is 0 Å². The molecule has 0 saturated carbocycles. The van der Waals surface area contributed by atoms with Crippen LogP contribution in [-0.2, 0) is 14.3 Å². The minimum absolute atomic E-state index is 0.0206. The largest absolute Gasteiger partial charge is 0.481 e. The second-order valence-corrected chi connectivity index (χ2v) is 2.80. The van der Waals surface area contributed by atoms with Gasteiger partial charge in [-0.1, -0.05) is 13.5 Å². The summed E-state index contributed by atoms with van der Waals surface area (Å²) in [5.74, 6) is -1.71. The molecule has 0 bridgehead atoms. The lowest BCUT2D eigenvalue weighted by Crippen LogP contribution is -2.16. The summed E-state index contributed by atoms with van der Waals surface area (Å²) in [6.45, 7) is 6.94. The average Bonchev–Trinajstić information content (AvgIpc) is 2.02. The van der Waals surface area contributed by atoms with Crippen molar-refractivity contribution in [1.82, 2.24) is 0 Å². The molecule has 0 aromatic heterocycles. The molecule has 0 saturated heterocycles. The zero-order valence-corrected chi connectivity index (χ0v) is 7.87. The highest BCUT2D eigenvalue weighted by Crippen LogP contribution is 2.05. The van der Waals surface area contributed by atoms with E-state index < -0.39 is 11.9 Å². The number of esters is 1. The number of carbonyl (C=O) groups excluding carboxylic acids is 1. The molecule has 0 rings (SSSR count). The van der Waals surface area contributed by atoms with E-state index >= 15 is 0 Å². The minimum atomic E-state index is -1.08. The molecule has 0 aromatic carbocycles. The second kappa shape index (κ2) is 5.35. The lowest BCUT2D eigenvalue weighted by atomic mass is 10.2. The van der Waals surface area contributed by atoms with Crippen LogP contribution in [0, 0.1) is 0 Å². The molecular weight excluding hydrogens is 172 g/mol. The van der Waals surface area contributed by atoms with Gasteiger partial charge in [-0.05, 0) is 13.3 Å². The molecular formula is C9H14O4. The molecule has 0 radical (unpaired) electrons. The third-order valence-electron chi connectivity index (χ3n) is 1.54. The summed E-state index contributed by atoms with van der Waals surface area (Å²) in [4.78, 5) is 21.3. The van der Waals surface area contributed by atoms with Crippen LogP contribution in [0.15, 0.2) is 12.2 Å². The number of carboxylic acid groups (broad SMARTS) is 1. The predicted molar refractivity (Wildman–Crippen MR) is 47.2 cm³/mol. The Morgan fingerprint density at radius 1 is 1.54 bits per heavy atom. The van der Waals surface area contributed by atoms with E-state index in [-0.39, 0.29) is 18.1 Å². The van der Waals surface area contributed by atoms with Gasteiger partial charge in [0.05, 0.1) is 12.5 Å². The van der Waals surface area contributed by atoms with Crippen LogP contribution in [0.5, 0.6) is 0 Å². The number of ether oxygens (including phenoxy) is 1. The maximum absolute atomic E-state index is 11.1. The van der Waals surface area contributed by atoms with E-state index in [1.165, 1.54) is 0 Å².